The van der Waals surface area contributed by atoms with Gasteiger partial charge in [0.1, 0.15) is 0 Å². The van der Waals surface area contributed by atoms with Crippen molar-refractivity contribution in [3.8, 4) is 0 Å². The molecule has 1 aliphatic rings. The summed E-state index contributed by atoms with van der Waals surface area (Å²) in [5.41, 5.74) is 4.38. The Balaban J connectivity index is 1.46. The van der Waals surface area contributed by atoms with Crippen LogP contribution in [0, 0.1) is 13.8 Å². The highest BCUT2D eigenvalue weighted by Crippen LogP contribution is 2.18. The van der Waals surface area contributed by atoms with Crippen molar-refractivity contribution in [1.29, 1.82) is 0 Å². The van der Waals surface area contributed by atoms with E-state index >= 15 is 0 Å². The number of amides is 1. The topological polar surface area (TPSA) is 58.1 Å². The summed E-state index contributed by atoms with van der Waals surface area (Å²) in [5, 5.41) is 3.99. The predicted molar refractivity (Wildman–Crippen MR) is 110 cm³/mol. The van der Waals surface area contributed by atoms with Crippen molar-refractivity contribution in [2.45, 2.75) is 50.9 Å². The number of benzene rings is 1. The second-order valence-corrected chi connectivity index (χ2v) is 7.91. The van der Waals surface area contributed by atoms with Crippen LogP contribution in [0.25, 0.3) is 0 Å². The lowest BCUT2D eigenvalue weighted by Crippen LogP contribution is -2.37. The molecule has 27 heavy (non-hydrogen) atoms. The van der Waals surface area contributed by atoms with Crippen molar-refractivity contribution < 1.29 is 4.79 Å². The minimum absolute atomic E-state index is 0.120. The van der Waals surface area contributed by atoms with Gasteiger partial charge in [-0.3, -0.25) is 9.69 Å². The summed E-state index contributed by atoms with van der Waals surface area (Å²) in [4.78, 5) is 23.8. The van der Waals surface area contributed by atoms with Crippen LogP contribution in [0.3, 0.4) is 0 Å². The maximum absolute atomic E-state index is 12.4. The molecule has 0 saturated carbocycles. The summed E-state index contributed by atoms with van der Waals surface area (Å²) >= 11 is 1.55. The van der Waals surface area contributed by atoms with Crippen LogP contribution < -0.4 is 5.32 Å². The van der Waals surface area contributed by atoms with Crippen LogP contribution in [0.2, 0.25) is 0 Å². The number of carbonyl (C=O) groups excluding carboxylic acids is 1. The van der Waals surface area contributed by atoms with Crippen molar-refractivity contribution in [1.82, 2.24) is 20.2 Å². The number of nitrogens with zero attached hydrogens (tertiary/aromatic N) is 3. The SMILES string of the molecule is CSc1nc(C)c(CCC(=O)NC2CCN(Cc3ccccc3)C2)c(C)n1. The fourth-order valence-corrected chi connectivity index (χ4v) is 4.09. The van der Waals surface area contributed by atoms with Gasteiger partial charge in [0.2, 0.25) is 5.91 Å². The molecule has 0 aliphatic carbocycles. The summed E-state index contributed by atoms with van der Waals surface area (Å²) < 4.78 is 0. The molecule has 1 N–H and O–H groups in total. The third kappa shape index (κ3) is 5.53. The third-order valence-electron chi connectivity index (χ3n) is 5.07. The van der Waals surface area contributed by atoms with E-state index in [1.807, 2.05) is 26.2 Å². The summed E-state index contributed by atoms with van der Waals surface area (Å²) in [6.45, 7) is 6.90. The Morgan fingerprint density at radius 1 is 1.22 bits per heavy atom. The number of aromatic nitrogens is 2. The molecule has 1 unspecified atom stereocenters. The first-order valence-electron chi connectivity index (χ1n) is 9.49. The van der Waals surface area contributed by atoms with Crippen molar-refractivity contribution >= 4 is 17.7 Å². The summed E-state index contributed by atoms with van der Waals surface area (Å²) in [5.74, 6) is 0.120. The van der Waals surface area contributed by atoms with Gasteiger partial charge >= 0.3 is 0 Å². The Bertz CT molecular complexity index is 758. The minimum atomic E-state index is 0.120. The molecule has 0 bridgehead atoms. The van der Waals surface area contributed by atoms with Gasteiger partial charge in [-0.25, -0.2) is 9.97 Å². The lowest BCUT2D eigenvalue weighted by Gasteiger charge is -2.17. The van der Waals surface area contributed by atoms with E-state index in [4.69, 9.17) is 0 Å². The Morgan fingerprint density at radius 3 is 2.59 bits per heavy atom. The molecule has 2 aromatic rings. The fraction of sp³-hybridized carbons (Fsp3) is 0.476. The van der Waals surface area contributed by atoms with Crippen LogP contribution >= 0.6 is 11.8 Å². The molecule has 0 spiro atoms. The van der Waals surface area contributed by atoms with Crippen LogP contribution in [-0.4, -0.2) is 46.2 Å². The normalized spacial score (nSPS) is 17.2. The first-order valence-corrected chi connectivity index (χ1v) is 10.7. The molecule has 0 radical (unpaired) electrons. The molecule has 1 atom stereocenters. The number of hydrogen-bond acceptors (Lipinski definition) is 5. The van der Waals surface area contributed by atoms with Gasteiger partial charge in [-0.05, 0) is 44.1 Å². The van der Waals surface area contributed by atoms with Crippen LogP contribution in [0.15, 0.2) is 35.5 Å². The molecule has 3 rings (SSSR count). The summed E-state index contributed by atoms with van der Waals surface area (Å²) in [7, 11) is 0. The van der Waals surface area contributed by atoms with E-state index in [0.29, 0.717) is 12.8 Å². The number of aryl methyl sites for hydroxylation is 2. The minimum Gasteiger partial charge on any atom is -0.352 e. The number of nitrogens with one attached hydrogen (secondary N) is 1. The lowest BCUT2D eigenvalue weighted by atomic mass is 10.1. The van der Waals surface area contributed by atoms with Crippen LogP contribution in [0.4, 0.5) is 0 Å². The van der Waals surface area contributed by atoms with Gasteiger partial charge in [0, 0.05) is 43.5 Å². The van der Waals surface area contributed by atoms with E-state index in [1.165, 1.54) is 5.56 Å². The number of hydrogen-bond donors (Lipinski definition) is 1. The van der Waals surface area contributed by atoms with E-state index < -0.39 is 0 Å². The van der Waals surface area contributed by atoms with Gasteiger partial charge in [0.15, 0.2) is 5.16 Å². The van der Waals surface area contributed by atoms with E-state index in [0.717, 1.165) is 48.2 Å². The second-order valence-electron chi connectivity index (χ2n) is 7.13. The zero-order valence-corrected chi connectivity index (χ0v) is 17.2. The van der Waals surface area contributed by atoms with Gasteiger partial charge in [0.05, 0.1) is 0 Å². The molecule has 1 aromatic heterocycles. The third-order valence-corrected chi connectivity index (χ3v) is 5.62. The molecular weight excluding hydrogens is 356 g/mol. The van der Waals surface area contributed by atoms with Gasteiger partial charge in [-0.2, -0.15) is 0 Å². The predicted octanol–water partition coefficient (Wildman–Crippen LogP) is 3.14. The molecule has 1 aliphatic heterocycles. The first-order chi connectivity index (χ1) is 13.0. The molecule has 1 saturated heterocycles. The van der Waals surface area contributed by atoms with Gasteiger partial charge in [-0.1, -0.05) is 42.1 Å². The molecule has 1 amide bonds. The zero-order chi connectivity index (χ0) is 19.2. The van der Waals surface area contributed by atoms with Gasteiger partial charge in [0.25, 0.3) is 0 Å². The quantitative estimate of drug-likeness (QED) is 0.587. The Kier molecular flexibility index (Phi) is 6.85. The molecule has 1 fully saturated rings. The second kappa shape index (κ2) is 9.33. The highest BCUT2D eigenvalue weighted by atomic mass is 32.2. The van der Waals surface area contributed by atoms with Crippen molar-refractivity contribution in [3.63, 3.8) is 0 Å². The average Bonchev–Trinajstić information content (AvgIpc) is 3.08. The number of thioether (sulfide) groups is 1. The smallest absolute Gasteiger partial charge is 0.220 e. The van der Waals surface area contributed by atoms with E-state index in [2.05, 4.69) is 44.5 Å². The van der Waals surface area contributed by atoms with Crippen molar-refractivity contribution in [2.24, 2.45) is 0 Å². The van der Waals surface area contributed by atoms with Crippen LogP contribution in [0.5, 0.6) is 0 Å². The summed E-state index contributed by atoms with van der Waals surface area (Å²) in [6, 6.07) is 10.7. The Morgan fingerprint density at radius 2 is 1.93 bits per heavy atom. The largest absolute Gasteiger partial charge is 0.352 e. The number of likely N-dealkylation sites (tertiary alicyclic amines) is 1. The maximum atomic E-state index is 12.4. The molecule has 5 nitrogen and oxygen atoms in total. The zero-order valence-electron chi connectivity index (χ0n) is 16.4. The van der Waals surface area contributed by atoms with Gasteiger partial charge < -0.3 is 5.32 Å². The van der Waals surface area contributed by atoms with Crippen LogP contribution in [-0.2, 0) is 17.8 Å². The van der Waals surface area contributed by atoms with Crippen molar-refractivity contribution in [3.05, 3.63) is 52.8 Å². The van der Waals surface area contributed by atoms with E-state index in [1.54, 1.807) is 11.8 Å². The molecule has 1 aromatic carbocycles. The summed E-state index contributed by atoms with van der Waals surface area (Å²) in [6.07, 6.45) is 4.17. The standard InChI is InChI=1S/C21H28N4OS/c1-15-19(16(2)23-21(22-15)27-3)9-10-20(26)24-18-11-12-25(14-18)13-17-7-5-4-6-8-17/h4-8,18H,9-14H2,1-3H3,(H,24,26). The fourth-order valence-electron chi connectivity index (χ4n) is 3.64. The van der Waals surface area contributed by atoms with E-state index in [-0.39, 0.29) is 11.9 Å². The van der Waals surface area contributed by atoms with E-state index in [9.17, 15) is 4.79 Å². The van der Waals surface area contributed by atoms with Crippen LogP contribution in [0.1, 0.15) is 35.4 Å². The lowest BCUT2D eigenvalue weighted by molar-refractivity contribution is -0.121. The molecule has 144 valence electrons. The first kappa shape index (κ1) is 19.8. The Labute approximate surface area is 166 Å². The molecule has 6 heteroatoms. The van der Waals surface area contributed by atoms with Crippen molar-refractivity contribution in [2.75, 3.05) is 19.3 Å². The maximum Gasteiger partial charge on any atom is 0.220 e. The molecular formula is C21H28N4OS. The average molecular weight is 385 g/mol. The highest BCUT2D eigenvalue weighted by Gasteiger charge is 2.23. The van der Waals surface area contributed by atoms with Gasteiger partial charge in [-0.15, -0.1) is 0 Å². The number of rotatable bonds is 7. The Hall–Kier alpha value is -1.92. The molecule has 2 heterocycles. The highest BCUT2D eigenvalue weighted by molar-refractivity contribution is 7.98. The number of carbonyl (C=O) groups is 1. The monoisotopic (exact) mass is 384 g/mol.